The largest absolute Gasteiger partial charge is 0.338 e. The third kappa shape index (κ3) is 4.49. The zero-order chi connectivity index (χ0) is 23.0. The predicted molar refractivity (Wildman–Crippen MR) is 124 cm³/mol. The van der Waals surface area contributed by atoms with Crippen LogP contribution in [0, 0.1) is 0 Å². The lowest BCUT2D eigenvalue weighted by molar-refractivity contribution is -0.145. The molecule has 2 fully saturated rings. The van der Waals surface area contributed by atoms with Crippen LogP contribution >= 0.6 is 11.6 Å². The number of likely N-dealkylation sites (tertiary alicyclic amines) is 2. The van der Waals surface area contributed by atoms with Crippen molar-refractivity contribution in [1.29, 1.82) is 0 Å². The quantitative estimate of drug-likeness (QED) is 0.716. The molecule has 2 saturated heterocycles. The summed E-state index contributed by atoms with van der Waals surface area (Å²) >= 11 is 6.00. The van der Waals surface area contributed by atoms with Crippen LogP contribution in [0.2, 0.25) is 5.02 Å². The van der Waals surface area contributed by atoms with Crippen molar-refractivity contribution < 1.29 is 18.0 Å². The van der Waals surface area contributed by atoms with E-state index in [-0.39, 0.29) is 22.8 Å². The second-order valence-corrected chi connectivity index (χ2v) is 10.9. The molecule has 2 aromatic carbocycles. The first kappa shape index (κ1) is 23.0. The number of rotatable bonds is 5. The third-order valence-corrected chi connectivity index (χ3v) is 8.24. The summed E-state index contributed by atoms with van der Waals surface area (Å²) in [4.78, 5) is 29.4. The van der Waals surface area contributed by atoms with E-state index in [9.17, 15) is 18.0 Å². The van der Waals surface area contributed by atoms with Crippen molar-refractivity contribution in [3.05, 3.63) is 41.4 Å². The Hall–Kier alpha value is -2.16. The first-order chi connectivity index (χ1) is 15.2. The number of hydrogen-bond acceptors (Lipinski definition) is 4. The van der Waals surface area contributed by atoms with E-state index in [4.69, 9.17) is 11.6 Å². The number of nitrogens with zero attached hydrogens (tertiary/aromatic N) is 2. The number of halogens is 1. The lowest BCUT2D eigenvalue weighted by Gasteiger charge is -2.37. The third-order valence-electron chi connectivity index (χ3n) is 6.53. The monoisotopic (exact) mass is 477 g/mol. The minimum Gasteiger partial charge on any atom is -0.338 e. The highest BCUT2D eigenvalue weighted by molar-refractivity contribution is 7.89. The number of piperidine rings is 1. The Kier molecular flexibility index (Phi) is 6.47. The second-order valence-electron chi connectivity index (χ2n) is 8.70. The van der Waals surface area contributed by atoms with Gasteiger partial charge in [-0.3, -0.25) is 9.59 Å². The molecule has 2 aliphatic rings. The van der Waals surface area contributed by atoms with Gasteiger partial charge in [-0.2, -0.15) is 4.72 Å². The van der Waals surface area contributed by atoms with Gasteiger partial charge in [0.25, 0.3) is 0 Å². The highest BCUT2D eigenvalue weighted by atomic mass is 35.5. The number of nitrogens with one attached hydrogen (secondary N) is 1. The Morgan fingerprint density at radius 2 is 1.81 bits per heavy atom. The molecule has 7 nitrogen and oxygen atoms in total. The van der Waals surface area contributed by atoms with Gasteiger partial charge >= 0.3 is 0 Å². The zero-order valence-electron chi connectivity index (χ0n) is 18.3. The number of amides is 2. The molecule has 0 radical (unpaired) electrons. The highest BCUT2D eigenvalue weighted by Gasteiger charge is 2.40. The van der Waals surface area contributed by atoms with Crippen LogP contribution in [-0.2, 0) is 19.6 Å². The molecule has 172 valence electrons. The fraction of sp³-hybridized carbons (Fsp3) is 0.478. The zero-order valence-corrected chi connectivity index (χ0v) is 19.8. The van der Waals surface area contributed by atoms with Gasteiger partial charge in [0.05, 0.1) is 4.90 Å². The number of carbonyl (C=O) groups excluding carboxylic acids is 2. The van der Waals surface area contributed by atoms with Crippen molar-refractivity contribution in [2.45, 2.75) is 62.6 Å². The minimum absolute atomic E-state index is 0.0674. The van der Waals surface area contributed by atoms with E-state index in [1.54, 1.807) is 37.3 Å². The molecule has 9 heteroatoms. The molecule has 0 aliphatic carbocycles. The molecule has 4 rings (SSSR count). The average Bonchev–Trinajstić information content (AvgIpc) is 3.12. The van der Waals surface area contributed by atoms with Gasteiger partial charge in [0, 0.05) is 24.2 Å². The maximum Gasteiger partial charge on any atom is 0.245 e. The van der Waals surface area contributed by atoms with Crippen molar-refractivity contribution in [3.63, 3.8) is 0 Å². The van der Waals surface area contributed by atoms with Crippen molar-refractivity contribution in [2.24, 2.45) is 0 Å². The summed E-state index contributed by atoms with van der Waals surface area (Å²) in [5.41, 5.74) is 0. The number of carbonyl (C=O) groups is 2. The normalized spacial score (nSPS) is 23.0. The standard InChI is InChI=1S/C23H28ClN3O4S/c1-15-5-3-4-11-26(15)22(28)16(2)27-12-10-21(23(27)29)25-32(30,31)20-9-7-17-13-19(24)8-6-18(17)14-20/h6-9,13-16,21,25H,3-5,10-12H2,1-2H3/t15-,16?,21-/m0/s1. The highest BCUT2D eigenvalue weighted by Crippen LogP contribution is 2.25. The van der Waals surface area contributed by atoms with Gasteiger partial charge in [-0.15, -0.1) is 0 Å². The smallest absolute Gasteiger partial charge is 0.245 e. The van der Waals surface area contributed by atoms with E-state index in [1.807, 2.05) is 11.8 Å². The molecule has 0 bridgehead atoms. The van der Waals surface area contributed by atoms with Gasteiger partial charge in [0.1, 0.15) is 12.1 Å². The van der Waals surface area contributed by atoms with Crippen molar-refractivity contribution in [3.8, 4) is 0 Å². The second kappa shape index (κ2) is 9.00. The number of hydrogen-bond donors (Lipinski definition) is 1. The fourth-order valence-electron chi connectivity index (χ4n) is 4.61. The molecule has 1 N–H and O–H groups in total. The Bertz CT molecular complexity index is 1150. The molecule has 2 aliphatic heterocycles. The first-order valence-electron chi connectivity index (χ1n) is 11.0. The maximum atomic E-state index is 13.0. The molecule has 0 aromatic heterocycles. The van der Waals surface area contributed by atoms with Crippen molar-refractivity contribution in [1.82, 2.24) is 14.5 Å². The van der Waals surface area contributed by atoms with Gasteiger partial charge in [0.15, 0.2) is 0 Å². The van der Waals surface area contributed by atoms with Gasteiger partial charge < -0.3 is 9.80 Å². The maximum absolute atomic E-state index is 13.0. The molecule has 1 unspecified atom stereocenters. The summed E-state index contributed by atoms with van der Waals surface area (Å²) in [6, 6.07) is 8.66. The van der Waals surface area contributed by atoms with Gasteiger partial charge in [0.2, 0.25) is 21.8 Å². The van der Waals surface area contributed by atoms with Crippen molar-refractivity contribution in [2.75, 3.05) is 13.1 Å². The number of benzene rings is 2. The minimum atomic E-state index is -3.90. The van der Waals surface area contributed by atoms with E-state index in [0.29, 0.717) is 24.5 Å². The summed E-state index contributed by atoms with van der Waals surface area (Å²) in [6.07, 6.45) is 3.37. The Morgan fingerprint density at radius 3 is 2.56 bits per heavy atom. The van der Waals surface area contributed by atoms with Crippen molar-refractivity contribution >= 4 is 44.2 Å². The van der Waals surface area contributed by atoms with E-state index in [0.717, 1.165) is 30.0 Å². The SMILES string of the molecule is CC(C(=O)N1CCCC[C@@H]1C)N1CC[C@H](NS(=O)(=O)c2ccc3cc(Cl)ccc3c2)C1=O. The molecular formula is C23H28ClN3O4S. The van der Waals surface area contributed by atoms with Crippen LogP contribution in [-0.4, -0.2) is 61.2 Å². The average molecular weight is 478 g/mol. The van der Waals surface area contributed by atoms with E-state index in [1.165, 1.54) is 11.0 Å². The molecule has 2 heterocycles. The van der Waals surface area contributed by atoms with E-state index in [2.05, 4.69) is 4.72 Å². The summed E-state index contributed by atoms with van der Waals surface area (Å²) in [5.74, 6) is -0.422. The summed E-state index contributed by atoms with van der Waals surface area (Å²) < 4.78 is 28.5. The molecule has 0 saturated carbocycles. The summed E-state index contributed by atoms with van der Waals surface area (Å²) in [5, 5.41) is 2.15. The lowest BCUT2D eigenvalue weighted by atomic mass is 10.0. The van der Waals surface area contributed by atoms with Gasteiger partial charge in [-0.1, -0.05) is 23.7 Å². The topological polar surface area (TPSA) is 86.8 Å². The van der Waals surface area contributed by atoms with E-state index >= 15 is 0 Å². The van der Waals surface area contributed by atoms with Crippen LogP contribution in [0.3, 0.4) is 0 Å². The Labute approximate surface area is 193 Å². The van der Waals surface area contributed by atoms with Crippen LogP contribution in [0.1, 0.15) is 39.5 Å². The molecule has 0 spiro atoms. The molecule has 2 amide bonds. The summed E-state index contributed by atoms with van der Waals surface area (Å²) in [6.45, 7) is 4.81. The van der Waals surface area contributed by atoms with Crippen LogP contribution in [0.25, 0.3) is 10.8 Å². The predicted octanol–water partition coefficient (Wildman–Crippen LogP) is 3.16. The lowest BCUT2D eigenvalue weighted by Crippen LogP contribution is -2.53. The van der Waals surface area contributed by atoms with Gasteiger partial charge in [-0.05, 0) is 74.6 Å². The van der Waals surface area contributed by atoms with Gasteiger partial charge in [-0.25, -0.2) is 8.42 Å². The van der Waals surface area contributed by atoms with Crippen LogP contribution in [0.15, 0.2) is 41.3 Å². The Morgan fingerprint density at radius 1 is 1.09 bits per heavy atom. The van der Waals surface area contributed by atoms with E-state index < -0.39 is 22.1 Å². The molecule has 2 aromatic rings. The van der Waals surface area contributed by atoms with Crippen LogP contribution < -0.4 is 4.72 Å². The summed E-state index contributed by atoms with van der Waals surface area (Å²) in [7, 11) is -3.90. The molecular weight excluding hydrogens is 450 g/mol. The molecule has 32 heavy (non-hydrogen) atoms. The number of fused-ring (bicyclic) bond motifs is 1. The van der Waals surface area contributed by atoms with Crippen LogP contribution in [0.4, 0.5) is 0 Å². The Balaban J connectivity index is 1.46. The fourth-order valence-corrected chi connectivity index (χ4v) is 6.05. The number of sulfonamides is 1. The molecule has 3 atom stereocenters. The first-order valence-corrected chi connectivity index (χ1v) is 12.9. The van der Waals surface area contributed by atoms with Crippen LogP contribution in [0.5, 0.6) is 0 Å².